The number of nitrogens with zero attached hydrogens (tertiary/aromatic N) is 3. The molecule has 124 valence electrons. The zero-order valence-electron chi connectivity index (χ0n) is 11.6. The summed E-state index contributed by atoms with van der Waals surface area (Å²) in [6, 6.07) is 7.40. The number of hydrogen-bond acceptors (Lipinski definition) is 4. The average molecular weight is 358 g/mol. The molecule has 0 unspecified atom stereocenters. The minimum Gasteiger partial charge on any atom is -0.463 e. The van der Waals surface area contributed by atoms with Crippen LogP contribution in [0.25, 0.3) is 17.1 Å². The minimum absolute atomic E-state index is 0.0622. The second-order valence-electron chi connectivity index (χ2n) is 4.67. The molecule has 0 aliphatic rings. The number of furan rings is 1. The first kappa shape index (κ1) is 16.1. The zero-order chi connectivity index (χ0) is 17.5. The molecule has 0 radical (unpaired) electrons. The molecule has 0 bridgehead atoms. The van der Waals surface area contributed by atoms with Gasteiger partial charge in [-0.15, -0.1) is 0 Å². The van der Waals surface area contributed by atoms with Gasteiger partial charge in [0.25, 0.3) is 5.69 Å². The molecule has 3 rings (SSSR count). The summed E-state index contributed by atoms with van der Waals surface area (Å²) >= 11 is 5.99. The number of para-hydroxylation sites is 1. The van der Waals surface area contributed by atoms with Crippen LogP contribution in [0.1, 0.15) is 5.69 Å². The molecule has 0 saturated carbocycles. The van der Waals surface area contributed by atoms with Crippen LogP contribution < -0.4 is 0 Å². The molecule has 0 amide bonds. The molecule has 0 N–H and O–H groups in total. The molecule has 2 aromatic heterocycles. The highest BCUT2D eigenvalue weighted by Gasteiger charge is 2.36. The van der Waals surface area contributed by atoms with Gasteiger partial charge < -0.3 is 4.42 Å². The molecule has 0 atom stereocenters. The Labute approximate surface area is 137 Å². The molecule has 0 aliphatic carbocycles. The van der Waals surface area contributed by atoms with Gasteiger partial charge >= 0.3 is 6.18 Å². The average Bonchev–Trinajstić information content (AvgIpc) is 3.15. The zero-order valence-corrected chi connectivity index (χ0v) is 12.4. The van der Waals surface area contributed by atoms with Crippen molar-refractivity contribution < 1.29 is 22.5 Å². The number of nitro groups is 1. The number of aromatic nitrogens is 2. The predicted molar refractivity (Wildman–Crippen MR) is 77.9 cm³/mol. The van der Waals surface area contributed by atoms with Gasteiger partial charge in [-0.3, -0.25) is 10.1 Å². The highest BCUT2D eigenvalue weighted by Crippen LogP contribution is 2.37. The SMILES string of the molecule is O=[N+]([O-])c1cccc(Cl)c1-n1nc(C(F)(F)F)cc1-c1ccco1. The Morgan fingerprint density at radius 3 is 2.58 bits per heavy atom. The van der Waals surface area contributed by atoms with Gasteiger partial charge in [0.2, 0.25) is 0 Å². The summed E-state index contributed by atoms with van der Waals surface area (Å²) in [4.78, 5) is 10.5. The van der Waals surface area contributed by atoms with E-state index in [0.717, 1.165) is 16.8 Å². The van der Waals surface area contributed by atoms with Crippen LogP contribution in [-0.4, -0.2) is 14.7 Å². The van der Waals surface area contributed by atoms with Crippen molar-refractivity contribution in [2.24, 2.45) is 0 Å². The van der Waals surface area contributed by atoms with E-state index in [2.05, 4.69) is 5.10 Å². The Morgan fingerprint density at radius 1 is 1.25 bits per heavy atom. The molecule has 0 saturated heterocycles. The van der Waals surface area contributed by atoms with Gasteiger partial charge in [0.1, 0.15) is 5.69 Å². The lowest BCUT2D eigenvalue weighted by atomic mass is 10.2. The first-order valence-electron chi connectivity index (χ1n) is 6.43. The number of hydrogen-bond donors (Lipinski definition) is 0. The lowest BCUT2D eigenvalue weighted by molar-refractivity contribution is -0.384. The van der Waals surface area contributed by atoms with Crippen LogP contribution in [-0.2, 0) is 6.18 Å². The van der Waals surface area contributed by atoms with Crippen molar-refractivity contribution in [1.29, 1.82) is 0 Å². The molecule has 10 heteroatoms. The fourth-order valence-electron chi connectivity index (χ4n) is 2.15. The number of halogens is 4. The summed E-state index contributed by atoms with van der Waals surface area (Å²) in [6.45, 7) is 0. The summed E-state index contributed by atoms with van der Waals surface area (Å²) < 4.78 is 44.9. The number of nitro benzene ring substituents is 1. The standard InChI is InChI=1S/C14H7ClF3N3O3/c15-8-3-1-4-9(21(22)23)13(8)20-10(11-5-2-6-24-11)7-12(19-20)14(16,17)18/h1-7H. The number of benzene rings is 1. The molecule has 6 nitrogen and oxygen atoms in total. The van der Waals surface area contributed by atoms with Crippen molar-refractivity contribution in [3.8, 4) is 17.1 Å². The van der Waals surface area contributed by atoms with Crippen molar-refractivity contribution >= 4 is 17.3 Å². The van der Waals surface area contributed by atoms with Crippen molar-refractivity contribution in [2.45, 2.75) is 6.18 Å². The molecule has 0 fully saturated rings. The number of alkyl halides is 3. The minimum atomic E-state index is -4.73. The lowest BCUT2D eigenvalue weighted by Crippen LogP contribution is -2.09. The van der Waals surface area contributed by atoms with Crippen LogP contribution in [0, 0.1) is 10.1 Å². The maximum Gasteiger partial charge on any atom is 0.435 e. The second-order valence-corrected chi connectivity index (χ2v) is 5.07. The molecule has 3 aromatic rings. The summed E-state index contributed by atoms with van der Waals surface area (Å²) in [5.74, 6) is 0.0622. The Kier molecular flexibility index (Phi) is 3.80. The summed E-state index contributed by atoms with van der Waals surface area (Å²) in [7, 11) is 0. The normalized spacial score (nSPS) is 11.7. The Bertz CT molecular complexity index is 904. The molecule has 24 heavy (non-hydrogen) atoms. The van der Waals surface area contributed by atoms with Crippen LogP contribution >= 0.6 is 11.6 Å². The largest absolute Gasteiger partial charge is 0.463 e. The summed E-state index contributed by atoms with van der Waals surface area (Å²) in [5, 5.41) is 14.5. The highest BCUT2D eigenvalue weighted by atomic mass is 35.5. The molecular weight excluding hydrogens is 351 g/mol. The molecule has 0 spiro atoms. The Morgan fingerprint density at radius 2 is 2.00 bits per heavy atom. The molecule has 2 heterocycles. The Hall–Kier alpha value is -2.81. The monoisotopic (exact) mass is 357 g/mol. The van der Waals surface area contributed by atoms with E-state index in [-0.39, 0.29) is 22.2 Å². The van der Waals surface area contributed by atoms with Crippen LogP contribution in [0.15, 0.2) is 47.1 Å². The summed E-state index contributed by atoms with van der Waals surface area (Å²) in [5.41, 5.74) is -2.08. The quantitative estimate of drug-likeness (QED) is 0.502. The van der Waals surface area contributed by atoms with E-state index in [1.807, 2.05) is 0 Å². The number of rotatable bonds is 3. The van der Waals surface area contributed by atoms with Gasteiger partial charge in [0.15, 0.2) is 17.1 Å². The maximum atomic E-state index is 13.0. The van der Waals surface area contributed by atoms with E-state index >= 15 is 0 Å². The van der Waals surface area contributed by atoms with Gasteiger partial charge in [-0.05, 0) is 18.2 Å². The molecule has 0 aliphatic heterocycles. The van der Waals surface area contributed by atoms with Gasteiger partial charge in [0.05, 0.1) is 16.2 Å². The van der Waals surface area contributed by atoms with Crippen LogP contribution in [0.5, 0.6) is 0 Å². The van der Waals surface area contributed by atoms with Gasteiger partial charge in [-0.1, -0.05) is 17.7 Å². The van der Waals surface area contributed by atoms with Gasteiger partial charge in [-0.25, -0.2) is 4.68 Å². The highest BCUT2D eigenvalue weighted by molar-refractivity contribution is 6.32. The first-order valence-corrected chi connectivity index (χ1v) is 6.81. The van der Waals surface area contributed by atoms with Crippen molar-refractivity contribution in [3.05, 3.63) is 63.5 Å². The van der Waals surface area contributed by atoms with E-state index < -0.39 is 22.5 Å². The van der Waals surface area contributed by atoms with E-state index in [4.69, 9.17) is 16.0 Å². The third-order valence-corrected chi connectivity index (χ3v) is 3.45. The smallest absolute Gasteiger partial charge is 0.435 e. The third-order valence-electron chi connectivity index (χ3n) is 3.15. The predicted octanol–water partition coefficient (Wildman–Crippen LogP) is 4.71. The molecule has 1 aromatic carbocycles. The second kappa shape index (κ2) is 5.68. The van der Waals surface area contributed by atoms with Gasteiger partial charge in [0, 0.05) is 12.1 Å². The van der Waals surface area contributed by atoms with Crippen molar-refractivity contribution in [2.75, 3.05) is 0 Å². The maximum absolute atomic E-state index is 13.0. The van der Waals surface area contributed by atoms with Crippen LogP contribution in [0.2, 0.25) is 5.02 Å². The van der Waals surface area contributed by atoms with Crippen LogP contribution in [0.4, 0.5) is 18.9 Å². The topological polar surface area (TPSA) is 74.1 Å². The third kappa shape index (κ3) is 2.73. The van der Waals surface area contributed by atoms with E-state index in [9.17, 15) is 23.3 Å². The van der Waals surface area contributed by atoms with Crippen molar-refractivity contribution in [1.82, 2.24) is 9.78 Å². The van der Waals surface area contributed by atoms with Crippen molar-refractivity contribution in [3.63, 3.8) is 0 Å². The molecular formula is C14H7ClF3N3O3. The lowest BCUT2D eigenvalue weighted by Gasteiger charge is -2.08. The van der Waals surface area contributed by atoms with E-state index in [1.54, 1.807) is 0 Å². The summed E-state index contributed by atoms with van der Waals surface area (Å²) in [6.07, 6.45) is -3.47. The van der Waals surface area contributed by atoms with Gasteiger partial charge in [-0.2, -0.15) is 18.3 Å². The van der Waals surface area contributed by atoms with Crippen LogP contribution in [0.3, 0.4) is 0 Å². The van der Waals surface area contributed by atoms with E-state index in [1.165, 1.54) is 30.5 Å². The fourth-order valence-corrected chi connectivity index (χ4v) is 2.40. The van der Waals surface area contributed by atoms with E-state index in [0.29, 0.717) is 0 Å². The Balaban J connectivity index is 2.33. The first-order chi connectivity index (χ1) is 11.3. The fraction of sp³-hybridized carbons (Fsp3) is 0.0714.